The lowest BCUT2D eigenvalue weighted by Gasteiger charge is -2.33. The number of aryl methyl sites for hydroxylation is 1. The van der Waals surface area contributed by atoms with Crippen LogP contribution in [0.1, 0.15) is 38.2 Å². The van der Waals surface area contributed by atoms with E-state index in [1.54, 1.807) is 0 Å². The van der Waals surface area contributed by atoms with Crippen LogP contribution in [0.5, 0.6) is 5.75 Å². The Morgan fingerprint density at radius 3 is 2.71 bits per heavy atom. The van der Waals surface area contributed by atoms with Crippen molar-refractivity contribution < 1.29 is 4.74 Å². The third-order valence-corrected chi connectivity index (χ3v) is 4.31. The van der Waals surface area contributed by atoms with E-state index in [1.807, 2.05) is 19.2 Å². The summed E-state index contributed by atoms with van der Waals surface area (Å²) in [6.07, 6.45) is 4.75. The highest BCUT2D eigenvalue weighted by molar-refractivity contribution is 14.0. The molecule has 1 heterocycles. The molecule has 1 saturated heterocycles. The number of halogens is 1. The van der Waals surface area contributed by atoms with E-state index in [0.717, 1.165) is 56.7 Å². The number of likely N-dealkylation sites (tertiary alicyclic amines) is 1. The molecular formula is C19H32IN3O. The van der Waals surface area contributed by atoms with E-state index >= 15 is 0 Å². The maximum atomic E-state index is 5.76. The van der Waals surface area contributed by atoms with Gasteiger partial charge in [0.05, 0.1) is 6.61 Å². The summed E-state index contributed by atoms with van der Waals surface area (Å²) in [6.45, 7) is 8.38. The Morgan fingerprint density at radius 1 is 1.29 bits per heavy atom. The van der Waals surface area contributed by atoms with E-state index in [-0.39, 0.29) is 24.0 Å². The lowest BCUT2D eigenvalue weighted by atomic mass is 10.0. The average Bonchev–Trinajstić information content (AvgIpc) is 2.56. The van der Waals surface area contributed by atoms with Crippen molar-refractivity contribution in [2.24, 2.45) is 10.9 Å². The van der Waals surface area contributed by atoms with Crippen LogP contribution in [-0.4, -0.2) is 44.1 Å². The molecule has 1 N–H and O–H groups in total. The molecule has 136 valence electrons. The molecule has 0 spiro atoms. The molecule has 1 aromatic carbocycles. The third-order valence-electron chi connectivity index (χ3n) is 4.31. The number of ether oxygens (including phenoxy) is 1. The van der Waals surface area contributed by atoms with E-state index in [4.69, 9.17) is 4.74 Å². The van der Waals surface area contributed by atoms with Crippen LogP contribution >= 0.6 is 24.0 Å². The van der Waals surface area contributed by atoms with Gasteiger partial charge in [0.1, 0.15) is 5.75 Å². The van der Waals surface area contributed by atoms with Gasteiger partial charge in [0.25, 0.3) is 0 Å². The summed E-state index contributed by atoms with van der Waals surface area (Å²) >= 11 is 0. The fourth-order valence-electron chi connectivity index (χ4n) is 2.97. The summed E-state index contributed by atoms with van der Waals surface area (Å²) in [7, 11) is 1.88. The number of benzene rings is 1. The summed E-state index contributed by atoms with van der Waals surface area (Å²) in [5.74, 6) is 2.78. The van der Waals surface area contributed by atoms with Crippen molar-refractivity contribution in [3.63, 3.8) is 0 Å². The Balaban J connectivity index is 0.00000288. The van der Waals surface area contributed by atoms with Crippen LogP contribution < -0.4 is 10.1 Å². The zero-order valence-electron chi connectivity index (χ0n) is 15.3. The minimum absolute atomic E-state index is 0. The molecule has 1 aliphatic rings. The van der Waals surface area contributed by atoms with Crippen molar-refractivity contribution in [2.45, 2.75) is 39.5 Å². The van der Waals surface area contributed by atoms with Gasteiger partial charge in [-0.25, -0.2) is 0 Å². The summed E-state index contributed by atoms with van der Waals surface area (Å²) in [5, 5.41) is 3.49. The number of nitrogens with zero attached hydrogens (tertiary/aromatic N) is 2. The molecule has 0 aliphatic carbocycles. The Bertz CT molecular complexity index is 490. The van der Waals surface area contributed by atoms with E-state index < -0.39 is 0 Å². The molecule has 5 heteroatoms. The molecule has 1 atom stereocenters. The van der Waals surface area contributed by atoms with E-state index in [9.17, 15) is 0 Å². The first kappa shape index (κ1) is 21.1. The number of aliphatic imine (C=N–C) groups is 1. The third kappa shape index (κ3) is 7.28. The molecule has 0 bridgehead atoms. The highest BCUT2D eigenvalue weighted by Gasteiger charge is 2.18. The minimum atomic E-state index is 0. The maximum Gasteiger partial charge on any atom is 0.193 e. The second-order valence-corrected chi connectivity index (χ2v) is 6.54. The van der Waals surface area contributed by atoms with E-state index in [2.05, 4.69) is 41.2 Å². The first-order valence-electron chi connectivity index (χ1n) is 8.84. The first-order chi connectivity index (χ1) is 11.2. The second-order valence-electron chi connectivity index (χ2n) is 6.54. The topological polar surface area (TPSA) is 36.9 Å². The van der Waals surface area contributed by atoms with Crippen LogP contribution in [0.15, 0.2) is 29.3 Å². The maximum absolute atomic E-state index is 5.76. The first-order valence-corrected chi connectivity index (χ1v) is 8.84. The molecule has 2 rings (SSSR count). The smallest absolute Gasteiger partial charge is 0.193 e. The molecule has 1 fully saturated rings. The van der Waals surface area contributed by atoms with Crippen LogP contribution in [-0.2, 0) is 0 Å². The van der Waals surface area contributed by atoms with Crippen molar-refractivity contribution in [1.29, 1.82) is 0 Å². The lowest BCUT2D eigenvalue weighted by Crippen LogP contribution is -2.46. The lowest BCUT2D eigenvalue weighted by molar-refractivity contribution is 0.265. The summed E-state index contributed by atoms with van der Waals surface area (Å²) in [5.41, 5.74) is 1.26. The summed E-state index contributed by atoms with van der Waals surface area (Å²) in [4.78, 5) is 6.81. The zero-order valence-corrected chi connectivity index (χ0v) is 17.6. The van der Waals surface area contributed by atoms with Crippen LogP contribution in [0.2, 0.25) is 0 Å². The number of unbranched alkanes of at least 4 members (excludes halogenated alkanes) is 1. The SMILES string of the molecule is CN=C(NCCCCOc1ccc(C)cc1)N1CCCC(C)C1.I. The molecule has 0 amide bonds. The highest BCUT2D eigenvalue weighted by Crippen LogP contribution is 2.15. The predicted octanol–water partition coefficient (Wildman–Crippen LogP) is 4.08. The van der Waals surface area contributed by atoms with Gasteiger partial charge in [-0.2, -0.15) is 0 Å². The van der Waals surface area contributed by atoms with Crippen LogP contribution in [0, 0.1) is 12.8 Å². The molecule has 0 aromatic heterocycles. The van der Waals surface area contributed by atoms with Crippen LogP contribution in [0.25, 0.3) is 0 Å². The van der Waals surface area contributed by atoms with Crippen molar-refractivity contribution in [1.82, 2.24) is 10.2 Å². The van der Waals surface area contributed by atoms with Gasteiger partial charge in [-0.1, -0.05) is 24.6 Å². The molecular weight excluding hydrogens is 413 g/mol. The van der Waals surface area contributed by atoms with Gasteiger partial charge in [-0.05, 0) is 50.7 Å². The zero-order chi connectivity index (χ0) is 16.5. The molecule has 1 aromatic rings. The van der Waals surface area contributed by atoms with Gasteiger partial charge in [0.15, 0.2) is 5.96 Å². The summed E-state index contributed by atoms with van der Waals surface area (Å²) in [6, 6.07) is 8.24. The van der Waals surface area contributed by atoms with Gasteiger partial charge >= 0.3 is 0 Å². The standard InChI is InChI=1S/C19H31N3O.HI/c1-16-8-10-18(11-9-16)23-14-5-4-12-21-19(20-3)22-13-6-7-17(2)15-22;/h8-11,17H,4-7,12-15H2,1-3H3,(H,20,21);1H. The van der Waals surface area contributed by atoms with Gasteiger partial charge in [-0.15, -0.1) is 24.0 Å². The quantitative estimate of drug-likeness (QED) is 0.310. The number of rotatable bonds is 6. The number of guanidine groups is 1. The molecule has 1 aliphatic heterocycles. The number of nitrogens with one attached hydrogen (secondary N) is 1. The van der Waals surface area contributed by atoms with Crippen molar-refractivity contribution in [3.8, 4) is 5.75 Å². The molecule has 24 heavy (non-hydrogen) atoms. The predicted molar refractivity (Wildman–Crippen MR) is 113 cm³/mol. The highest BCUT2D eigenvalue weighted by atomic mass is 127. The Hall–Kier alpha value is -0.980. The van der Waals surface area contributed by atoms with Gasteiger partial charge < -0.3 is 15.0 Å². The van der Waals surface area contributed by atoms with Crippen molar-refractivity contribution in [2.75, 3.05) is 33.3 Å². The number of piperidine rings is 1. The normalized spacial score (nSPS) is 18.0. The largest absolute Gasteiger partial charge is 0.494 e. The van der Waals surface area contributed by atoms with Gasteiger partial charge in [0, 0.05) is 26.7 Å². The fourth-order valence-corrected chi connectivity index (χ4v) is 2.97. The number of hydrogen-bond acceptors (Lipinski definition) is 2. The molecule has 0 saturated carbocycles. The Morgan fingerprint density at radius 2 is 2.04 bits per heavy atom. The Labute approximate surface area is 164 Å². The molecule has 0 radical (unpaired) electrons. The average molecular weight is 445 g/mol. The van der Waals surface area contributed by atoms with E-state index in [1.165, 1.54) is 18.4 Å². The number of hydrogen-bond donors (Lipinski definition) is 1. The Kier molecular flexibility index (Phi) is 10.1. The summed E-state index contributed by atoms with van der Waals surface area (Å²) < 4.78 is 5.76. The van der Waals surface area contributed by atoms with Crippen molar-refractivity contribution in [3.05, 3.63) is 29.8 Å². The van der Waals surface area contributed by atoms with E-state index in [0.29, 0.717) is 0 Å². The monoisotopic (exact) mass is 445 g/mol. The molecule has 4 nitrogen and oxygen atoms in total. The van der Waals surface area contributed by atoms with Crippen molar-refractivity contribution >= 4 is 29.9 Å². The second kappa shape index (κ2) is 11.6. The van der Waals surface area contributed by atoms with Gasteiger partial charge in [0.2, 0.25) is 0 Å². The van der Waals surface area contributed by atoms with Gasteiger partial charge in [-0.3, -0.25) is 4.99 Å². The van der Waals surface area contributed by atoms with Crippen LogP contribution in [0.3, 0.4) is 0 Å². The fraction of sp³-hybridized carbons (Fsp3) is 0.632. The molecule has 1 unspecified atom stereocenters. The van der Waals surface area contributed by atoms with Crippen LogP contribution in [0.4, 0.5) is 0 Å². The minimum Gasteiger partial charge on any atom is -0.494 e.